The third-order valence-corrected chi connectivity index (χ3v) is 5.77. The second-order valence-electron chi connectivity index (χ2n) is 7.65. The summed E-state index contributed by atoms with van der Waals surface area (Å²) in [7, 11) is 0. The van der Waals surface area contributed by atoms with Crippen molar-refractivity contribution >= 4 is 51.8 Å². The molecular weight excluding hydrogens is 437 g/mol. The Morgan fingerprint density at radius 3 is 2.48 bits per heavy atom. The van der Waals surface area contributed by atoms with Crippen molar-refractivity contribution in [3.8, 4) is 0 Å². The highest BCUT2D eigenvalue weighted by Gasteiger charge is 2.34. The number of halogens is 1. The number of rotatable bonds is 4. The number of thiocarbonyl (C=S) groups is 1. The minimum absolute atomic E-state index is 0.0736. The lowest BCUT2D eigenvalue weighted by atomic mass is 10.1. The molecule has 33 heavy (non-hydrogen) atoms. The third kappa shape index (κ3) is 3.94. The molecule has 0 atom stereocenters. The molecule has 0 unspecified atom stereocenters. The molecule has 0 aliphatic carbocycles. The number of benzene rings is 3. The van der Waals surface area contributed by atoms with Gasteiger partial charge in [0, 0.05) is 29.2 Å². The molecule has 162 valence electrons. The minimum atomic E-state index is -0.603. The molecule has 1 fully saturated rings. The Kier molecular flexibility index (Phi) is 5.32. The topological polar surface area (TPSA) is 54.3 Å². The molecule has 2 heterocycles. The van der Waals surface area contributed by atoms with E-state index >= 15 is 0 Å². The lowest BCUT2D eigenvalue weighted by Crippen LogP contribution is -2.54. The van der Waals surface area contributed by atoms with Crippen LogP contribution in [-0.4, -0.2) is 21.5 Å². The molecule has 0 bridgehead atoms. The third-order valence-electron chi connectivity index (χ3n) is 5.48. The van der Waals surface area contributed by atoms with Gasteiger partial charge in [0.25, 0.3) is 11.8 Å². The first kappa shape index (κ1) is 20.8. The van der Waals surface area contributed by atoms with Crippen LogP contribution in [-0.2, 0) is 16.1 Å². The minimum Gasteiger partial charge on any atom is -0.342 e. The second kappa shape index (κ2) is 8.44. The number of aromatic nitrogens is 1. The van der Waals surface area contributed by atoms with Crippen LogP contribution in [0.15, 0.2) is 90.6 Å². The van der Waals surface area contributed by atoms with Crippen LogP contribution in [0, 0.1) is 5.82 Å². The van der Waals surface area contributed by atoms with E-state index in [1.165, 1.54) is 18.2 Å². The normalized spacial score (nSPS) is 15.4. The van der Waals surface area contributed by atoms with Crippen molar-refractivity contribution in [3.05, 3.63) is 108 Å². The van der Waals surface area contributed by atoms with Gasteiger partial charge in [-0.2, -0.15) is 0 Å². The van der Waals surface area contributed by atoms with E-state index in [2.05, 4.69) is 9.88 Å². The summed E-state index contributed by atoms with van der Waals surface area (Å²) in [6.07, 6.45) is 3.49. The number of hydrogen-bond donors (Lipinski definition) is 1. The van der Waals surface area contributed by atoms with Crippen molar-refractivity contribution in [1.29, 1.82) is 0 Å². The summed E-state index contributed by atoms with van der Waals surface area (Å²) in [6, 6.07) is 23.4. The fraction of sp³-hybridized carbons (Fsp3) is 0.0385. The van der Waals surface area contributed by atoms with E-state index < -0.39 is 17.6 Å². The summed E-state index contributed by atoms with van der Waals surface area (Å²) >= 11 is 5.20. The van der Waals surface area contributed by atoms with Crippen LogP contribution in [0.1, 0.15) is 11.1 Å². The van der Waals surface area contributed by atoms with Crippen molar-refractivity contribution < 1.29 is 14.0 Å². The fourth-order valence-electron chi connectivity index (χ4n) is 3.96. The molecule has 1 saturated heterocycles. The Hall–Kier alpha value is -4.10. The Balaban J connectivity index is 1.58. The molecule has 7 heteroatoms. The van der Waals surface area contributed by atoms with Gasteiger partial charge in [0.05, 0.1) is 5.69 Å². The summed E-state index contributed by atoms with van der Waals surface area (Å²) in [4.78, 5) is 27.1. The van der Waals surface area contributed by atoms with Crippen molar-refractivity contribution in [2.24, 2.45) is 0 Å². The number of hydrogen-bond acceptors (Lipinski definition) is 3. The van der Waals surface area contributed by atoms with Crippen LogP contribution in [0.3, 0.4) is 0 Å². The van der Waals surface area contributed by atoms with E-state index in [1.54, 1.807) is 12.1 Å². The number of nitrogens with zero attached hydrogens (tertiary/aromatic N) is 2. The molecule has 0 saturated carbocycles. The molecule has 0 spiro atoms. The van der Waals surface area contributed by atoms with E-state index in [0.29, 0.717) is 6.54 Å². The lowest BCUT2D eigenvalue weighted by molar-refractivity contribution is -0.122. The van der Waals surface area contributed by atoms with Crippen LogP contribution in [0.25, 0.3) is 17.0 Å². The summed E-state index contributed by atoms with van der Waals surface area (Å²) in [5, 5.41) is 3.37. The van der Waals surface area contributed by atoms with Gasteiger partial charge in [0.2, 0.25) is 0 Å². The van der Waals surface area contributed by atoms with Crippen molar-refractivity contribution in [1.82, 2.24) is 9.88 Å². The van der Waals surface area contributed by atoms with Crippen LogP contribution in [0.2, 0.25) is 0 Å². The quantitative estimate of drug-likeness (QED) is 0.277. The zero-order valence-corrected chi connectivity index (χ0v) is 18.2. The van der Waals surface area contributed by atoms with Gasteiger partial charge >= 0.3 is 0 Å². The molecule has 5 rings (SSSR count). The molecule has 1 aliphatic heterocycles. The number of amides is 2. The average Bonchev–Trinajstić information content (AvgIpc) is 3.14. The SMILES string of the molecule is O=C1NC(=S)N(c2cccc(F)c2)C(=O)/C1=C/c1cn(Cc2ccccc2)c2ccccc12. The van der Waals surface area contributed by atoms with Crippen LogP contribution >= 0.6 is 12.2 Å². The van der Waals surface area contributed by atoms with Gasteiger partial charge in [0.1, 0.15) is 11.4 Å². The Morgan fingerprint density at radius 1 is 0.939 bits per heavy atom. The van der Waals surface area contributed by atoms with Gasteiger partial charge in [-0.1, -0.05) is 54.6 Å². The molecule has 1 N–H and O–H groups in total. The maximum atomic E-state index is 13.8. The zero-order valence-electron chi connectivity index (χ0n) is 17.4. The smallest absolute Gasteiger partial charge is 0.270 e. The van der Waals surface area contributed by atoms with Gasteiger partial charge in [-0.15, -0.1) is 0 Å². The number of carbonyl (C=O) groups excluding carboxylic acids is 2. The maximum absolute atomic E-state index is 13.8. The predicted octanol–water partition coefficient (Wildman–Crippen LogP) is 4.66. The molecule has 5 nitrogen and oxygen atoms in total. The Morgan fingerprint density at radius 2 is 1.70 bits per heavy atom. The number of fused-ring (bicyclic) bond motifs is 1. The lowest BCUT2D eigenvalue weighted by Gasteiger charge is -2.28. The van der Waals surface area contributed by atoms with Gasteiger partial charge in [0.15, 0.2) is 5.11 Å². The maximum Gasteiger partial charge on any atom is 0.270 e. The summed E-state index contributed by atoms with van der Waals surface area (Å²) in [5.41, 5.74) is 3.02. The molecule has 3 aromatic carbocycles. The molecule has 1 aliphatic rings. The largest absolute Gasteiger partial charge is 0.342 e. The first-order valence-electron chi connectivity index (χ1n) is 10.3. The Labute approximate surface area is 194 Å². The fourth-order valence-corrected chi connectivity index (χ4v) is 4.24. The van der Waals surface area contributed by atoms with Crippen molar-refractivity contribution in [2.45, 2.75) is 6.54 Å². The van der Waals surface area contributed by atoms with Gasteiger partial charge < -0.3 is 4.57 Å². The Bertz CT molecular complexity index is 1440. The van der Waals surface area contributed by atoms with Crippen LogP contribution < -0.4 is 10.2 Å². The highest BCUT2D eigenvalue weighted by Crippen LogP contribution is 2.27. The average molecular weight is 456 g/mol. The van der Waals surface area contributed by atoms with E-state index in [-0.39, 0.29) is 16.4 Å². The number of nitrogens with one attached hydrogen (secondary N) is 1. The van der Waals surface area contributed by atoms with Crippen LogP contribution in [0.4, 0.5) is 10.1 Å². The molecule has 1 aromatic heterocycles. The monoisotopic (exact) mass is 455 g/mol. The highest BCUT2D eigenvalue weighted by molar-refractivity contribution is 7.80. The van der Waals surface area contributed by atoms with Gasteiger partial charge in [-0.25, -0.2) is 4.39 Å². The van der Waals surface area contributed by atoms with Crippen molar-refractivity contribution in [2.75, 3.05) is 4.90 Å². The zero-order chi connectivity index (χ0) is 22.9. The van der Waals surface area contributed by atoms with Gasteiger partial charge in [-0.3, -0.25) is 19.8 Å². The van der Waals surface area contributed by atoms with E-state index in [0.717, 1.165) is 26.9 Å². The van der Waals surface area contributed by atoms with Gasteiger partial charge in [-0.05, 0) is 48.1 Å². The number of anilines is 1. The standard InChI is InChI=1S/C26H18FN3O2S/c27-19-9-6-10-20(14-19)30-25(32)22(24(31)28-26(30)33)13-18-16-29(15-17-7-2-1-3-8-17)23-12-5-4-11-21(18)23/h1-14,16H,15H2,(H,28,31,33)/b22-13+. The van der Waals surface area contributed by atoms with E-state index in [9.17, 15) is 14.0 Å². The van der Waals surface area contributed by atoms with E-state index in [4.69, 9.17) is 12.2 Å². The molecular formula is C26H18FN3O2S. The summed E-state index contributed by atoms with van der Waals surface area (Å²) in [5.74, 6) is -1.69. The second-order valence-corrected chi connectivity index (χ2v) is 8.04. The molecule has 2 amide bonds. The summed E-state index contributed by atoms with van der Waals surface area (Å²) < 4.78 is 15.8. The molecule has 4 aromatic rings. The van der Waals surface area contributed by atoms with Crippen LogP contribution in [0.5, 0.6) is 0 Å². The molecule has 0 radical (unpaired) electrons. The number of para-hydroxylation sites is 1. The van der Waals surface area contributed by atoms with E-state index in [1.807, 2.05) is 60.8 Å². The first-order valence-corrected chi connectivity index (χ1v) is 10.7. The first-order chi connectivity index (χ1) is 16.0. The predicted molar refractivity (Wildman–Crippen MR) is 130 cm³/mol. The number of carbonyl (C=O) groups is 2. The van der Waals surface area contributed by atoms with Crippen molar-refractivity contribution in [3.63, 3.8) is 0 Å². The summed E-state index contributed by atoms with van der Waals surface area (Å²) in [6.45, 7) is 0.643. The highest BCUT2D eigenvalue weighted by atomic mass is 32.1.